The van der Waals surface area contributed by atoms with Crippen LogP contribution >= 0.6 is 35.4 Å². The van der Waals surface area contributed by atoms with Crippen LogP contribution in [0.1, 0.15) is 27.2 Å². The maximum absolute atomic E-state index is 10.6. The van der Waals surface area contributed by atoms with Gasteiger partial charge in [-0.15, -0.1) is 0 Å². The summed E-state index contributed by atoms with van der Waals surface area (Å²) >= 11 is 17.6. The third-order valence-corrected chi connectivity index (χ3v) is 4.27. The second-order valence-corrected chi connectivity index (χ2v) is 7.75. The van der Waals surface area contributed by atoms with Crippen LogP contribution in [0.15, 0.2) is 12.1 Å². The van der Waals surface area contributed by atoms with Crippen LogP contribution < -0.4 is 20.7 Å². The van der Waals surface area contributed by atoms with Gasteiger partial charge in [-0.2, -0.15) is 0 Å². The summed E-state index contributed by atoms with van der Waals surface area (Å²) in [5.41, 5.74) is 0.377. The van der Waals surface area contributed by atoms with Crippen LogP contribution in [0.5, 0.6) is 5.75 Å². The average molecular weight is 408 g/mol. The third-order valence-electron chi connectivity index (χ3n) is 3.54. The number of anilines is 1. The molecule has 0 spiro atoms. The van der Waals surface area contributed by atoms with Crippen LogP contribution in [0.2, 0.25) is 10.0 Å². The van der Waals surface area contributed by atoms with Crippen molar-refractivity contribution in [3.63, 3.8) is 0 Å². The van der Waals surface area contributed by atoms with Gasteiger partial charge in [-0.3, -0.25) is 0 Å². The Morgan fingerprint density at radius 3 is 2.52 bits per heavy atom. The summed E-state index contributed by atoms with van der Waals surface area (Å²) < 4.78 is 5.28. The largest absolute Gasteiger partial charge is 0.494 e. The molecule has 0 saturated heterocycles. The molecule has 1 aromatic rings. The molecule has 1 rings (SSSR count). The summed E-state index contributed by atoms with van der Waals surface area (Å²) in [5.74, 6) is 0.474. The number of thiocarbonyl (C=S) groups is 1. The molecule has 0 saturated carbocycles. The molecule has 6 nitrogen and oxygen atoms in total. The Morgan fingerprint density at radius 1 is 1.36 bits per heavy atom. The molecular formula is C16H23Cl2N3O3S. The maximum Gasteiger partial charge on any atom is 0.404 e. The molecule has 0 aromatic heterocycles. The number of ether oxygens (including phenoxy) is 1. The Balaban J connectivity index is 2.83. The number of nitrogens with one attached hydrogen (secondary N) is 3. The zero-order valence-corrected chi connectivity index (χ0v) is 16.9. The minimum absolute atomic E-state index is 0.0589. The van der Waals surface area contributed by atoms with Gasteiger partial charge in [0.25, 0.3) is 0 Å². The third kappa shape index (κ3) is 7.13. The van der Waals surface area contributed by atoms with Gasteiger partial charge in [-0.25, -0.2) is 4.79 Å². The number of hydrogen-bond acceptors (Lipinski definition) is 3. The van der Waals surface area contributed by atoms with Gasteiger partial charge in [-0.1, -0.05) is 44.0 Å². The second-order valence-electron chi connectivity index (χ2n) is 6.50. The normalized spacial score (nSPS) is 12.2. The highest BCUT2D eigenvalue weighted by atomic mass is 35.5. The van der Waals surface area contributed by atoms with E-state index in [1.165, 1.54) is 7.11 Å². The zero-order valence-electron chi connectivity index (χ0n) is 14.6. The van der Waals surface area contributed by atoms with E-state index in [4.69, 9.17) is 45.3 Å². The summed E-state index contributed by atoms with van der Waals surface area (Å²) in [6.45, 7) is 6.45. The van der Waals surface area contributed by atoms with Crippen molar-refractivity contribution in [1.29, 1.82) is 0 Å². The van der Waals surface area contributed by atoms with Crippen LogP contribution in [-0.4, -0.2) is 36.0 Å². The summed E-state index contributed by atoms with van der Waals surface area (Å²) in [5, 5.41) is 18.5. The number of benzene rings is 1. The van der Waals surface area contributed by atoms with Gasteiger partial charge >= 0.3 is 6.09 Å². The average Bonchev–Trinajstić information content (AvgIpc) is 2.47. The molecule has 1 atom stereocenters. The predicted octanol–water partition coefficient (Wildman–Crippen LogP) is 4.36. The van der Waals surface area contributed by atoms with Crippen LogP contribution in [0.3, 0.4) is 0 Å². The molecule has 1 unspecified atom stereocenters. The van der Waals surface area contributed by atoms with E-state index < -0.39 is 6.09 Å². The first-order valence-corrected chi connectivity index (χ1v) is 8.78. The number of carboxylic acid groups (broad SMARTS) is 1. The smallest absolute Gasteiger partial charge is 0.404 e. The standard InChI is InChI=1S/C16H23Cl2N3O3S/c1-16(2,3)12(5-6-19-15(22)23)20-14(25)21-13-10(18)7-9(17)8-11(13)24-4/h7-8,12,19H,5-6H2,1-4H3,(H,22,23)(H2,20,21,25). The highest BCUT2D eigenvalue weighted by molar-refractivity contribution is 7.80. The number of halogens is 2. The van der Waals surface area contributed by atoms with Gasteiger partial charge in [0.15, 0.2) is 5.11 Å². The molecule has 0 heterocycles. The molecule has 140 valence electrons. The molecule has 0 bridgehead atoms. The van der Waals surface area contributed by atoms with Gasteiger partial charge in [0, 0.05) is 23.7 Å². The van der Waals surface area contributed by atoms with Crippen molar-refractivity contribution < 1.29 is 14.6 Å². The molecule has 0 radical (unpaired) electrons. The fraction of sp³-hybridized carbons (Fsp3) is 0.500. The van der Waals surface area contributed by atoms with E-state index in [0.29, 0.717) is 39.6 Å². The van der Waals surface area contributed by atoms with Gasteiger partial charge in [0.05, 0.1) is 12.1 Å². The van der Waals surface area contributed by atoms with Crippen LogP contribution in [0, 0.1) is 5.41 Å². The fourth-order valence-corrected chi connectivity index (χ4v) is 2.95. The number of amides is 1. The Bertz CT molecular complexity index is 636. The lowest BCUT2D eigenvalue weighted by atomic mass is 9.85. The summed E-state index contributed by atoms with van der Waals surface area (Å²) in [4.78, 5) is 10.6. The minimum atomic E-state index is -1.05. The Morgan fingerprint density at radius 2 is 2.00 bits per heavy atom. The molecule has 1 amide bonds. The topological polar surface area (TPSA) is 82.6 Å². The molecule has 9 heteroatoms. The van der Waals surface area contributed by atoms with E-state index in [-0.39, 0.29) is 11.5 Å². The lowest BCUT2D eigenvalue weighted by Gasteiger charge is -2.32. The second kappa shape index (κ2) is 9.31. The van der Waals surface area contributed by atoms with Crippen LogP contribution in [-0.2, 0) is 0 Å². The quantitative estimate of drug-likeness (QED) is 0.524. The van der Waals surface area contributed by atoms with Crippen molar-refractivity contribution in [2.24, 2.45) is 5.41 Å². The molecule has 1 aromatic carbocycles. The van der Waals surface area contributed by atoms with Crippen LogP contribution in [0.25, 0.3) is 0 Å². The monoisotopic (exact) mass is 407 g/mol. The lowest BCUT2D eigenvalue weighted by molar-refractivity contribution is 0.192. The molecule has 0 aliphatic rings. The first-order chi connectivity index (χ1) is 11.5. The molecule has 4 N–H and O–H groups in total. The summed E-state index contributed by atoms with van der Waals surface area (Å²) in [6, 6.07) is 3.17. The number of hydrogen-bond donors (Lipinski definition) is 4. The van der Waals surface area contributed by atoms with Gasteiger partial charge < -0.3 is 25.8 Å². The molecule has 0 aliphatic heterocycles. The summed E-state index contributed by atoms with van der Waals surface area (Å²) in [6.07, 6.45) is -0.477. The van der Waals surface area contributed by atoms with Crippen molar-refractivity contribution in [3.05, 3.63) is 22.2 Å². The maximum atomic E-state index is 10.6. The molecule has 25 heavy (non-hydrogen) atoms. The predicted molar refractivity (Wildman–Crippen MR) is 106 cm³/mol. The zero-order chi connectivity index (χ0) is 19.2. The Kier molecular flexibility index (Phi) is 8.05. The lowest BCUT2D eigenvalue weighted by Crippen LogP contribution is -2.47. The van der Waals surface area contributed by atoms with E-state index >= 15 is 0 Å². The Hall–Kier alpha value is -1.44. The number of methoxy groups -OCH3 is 1. The molecule has 0 aliphatic carbocycles. The van der Waals surface area contributed by atoms with Crippen molar-refractivity contribution in [3.8, 4) is 5.75 Å². The summed E-state index contributed by atoms with van der Waals surface area (Å²) in [7, 11) is 1.51. The van der Waals surface area contributed by atoms with E-state index in [2.05, 4.69) is 16.0 Å². The Labute approximate surface area is 163 Å². The molecule has 0 fully saturated rings. The van der Waals surface area contributed by atoms with Crippen molar-refractivity contribution >= 4 is 52.3 Å². The van der Waals surface area contributed by atoms with Crippen molar-refractivity contribution in [1.82, 2.24) is 10.6 Å². The van der Waals surface area contributed by atoms with Crippen molar-refractivity contribution in [2.45, 2.75) is 33.2 Å². The van der Waals surface area contributed by atoms with E-state index in [1.807, 2.05) is 20.8 Å². The van der Waals surface area contributed by atoms with E-state index in [9.17, 15) is 4.79 Å². The van der Waals surface area contributed by atoms with E-state index in [0.717, 1.165) is 0 Å². The number of rotatable bonds is 6. The first-order valence-electron chi connectivity index (χ1n) is 7.62. The van der Waals surface area contributed by atoms with E-state index in [1.54, 1.807) is 12.1 Å². The number of carbonyl (C=O) groups is 1. The van der Waals surface area contributed by atoms with Crippen LogP contribution in [0.4, 0.5) is 10.5 Å². The highest BCUT2D eigenvalue weighted by Gasteiger charge is 2.25. The van der Waals surface area contributed by atoms with Crippen molar-refractivity contribution in [2.75, 3.05) is 19.0 Å². The highest BCUT2D eigenvalue weighted by Crippen LogP contribution is 2.35. The SMILES string of the molecule is COc1cc(Cl)cc(Cl)c1NC(=S)NC(CCNC(=O)O)C(C)(C)C. The molecular weight excluding hydrogens is 385 g/mol. The minimum Gasteiger partial charge on any atom is -0.494 e. The van der Waals surface area contributed by atoms with Gasteiger partial charge in [0.2, 0.25) is 0 Å². The van der Waals surface area contributed by atoms with Gasteiger partial charge in [-0.05, 0) is 30.1 Å². The fourth-order valence-electron chi connectivity index (χ4n) is 2.19. The van der Waals surface area contributed by atoms with Gasteiger partial charge in [0.1, 0.15) is 11.4 Å². The first kappa shape index (κ1) is 21.6.